The maximum Gasteiger partial charge on any atom is 0.226 e. The van der Waals surface area contributed by atoms with E-state index in [2.05, 4.69) is 10.6 Å². The fourth-order valence-electron chi connectivity index (χ4n) is 1.90. The van der Waals surface area contributed by atoms with E-state index in [4.69, 9.17) is 4.74 Å². The summed E-state index contributed by atoms with van der Waals surface area (Å²) in [7, 11) is 1.50. The number of anilines is 1. The van der Waals surface area contributed by atoms with E-state index in [1.807, 2.05) is 11.8 Å². The van der Waals surface area contributed by atoms with Gasteiger partial charge in [-0.2, -0.15) is 11.8 Å². The minimum absolute atomic E-state index is 0. The lowest BCUT2D eigenvalue weighted by molar-refractivity contribution is -0.116. The number of nitrogens with one attached hydrogen (secondary N) is 2. The van der Waals surface area contributed by atoms with Crippen LogP contribution in [0.1, 0.15) is 6.42 Å². The lowest BCUT2D eigenvalue weighted by Gasteiger charge is -2.22. The second-order valence-electron chi connectivity index (χ2n) is 4.32. The molecule has 0 radical (unpaired) electrons. The Balaban J connectivity index is 0.00000200. The molecular formula is C13H18ClFN2O2S. The van der Waals surface area contributed by atoms with Crippen molar-refractivity contribution in [3.05, 3.63) is 24.0 Å². The lowest BCUT2D eigenvalue weighted by Crippen LogP contribution is -2.39. The van der Waals surface area contributed by atoms with Crippen molar-refractivity contribution in [1.82, 2.24) is 5.32 Å². The predicted octanol–water partition coefficient (Wildman–Crippen LogP) is 2.29. The van der Waals surface area contributed by atoms with E-state index in [1.54, 1.807) is 0 Å². The largest absolute Gasteiger partial charge is 0.497 e. The number of thioether (sulfide) groups is 1. The second-order valence-corrected chi connectivity index (χ2v) is 5.47. The number of amides is 1. The van der Waals surface area contributed by atoms with E-state index in [-0.39, 0.29) is 30.0 Å². The van der Waals surface area contributed by atoms with Gasteiger partial charge in [0.2, 0.25) is 5.91 Å². The van der Waals surface area contributed by atoms with Gasteiger partial charge in [-0.3, -0.25) is 4.79 Å². The SMILES string of the molecule is COc1ccc(F)c(NC(=O)CC2CSCCN2)c1.Cl. The number of methoxy groups -OCH3 is 1. The number of carbonyl (C=O) groups is 1. The molecule has 0 spiro atoms. The Labute approximate surface area is 128 Å². The van der Waals surface area contributed by atoms with Crippen LogP contribution < -0.4 is 15.4 Å². The molecule has 1 fully saturated rings. The zero-order chi connectivity index (χ0) is 13.7. The van der Waals surface area contributed by atoms with Crippen molar-refractivity contribution in [1.29, 1.82) is 0 Å². The standard InChI is InChI=1S/C13H17FN2O2S.ClH/c1-18-10-2-3-11(14)12(7-10)16-13(17)6-9-8-19-5-4-15-9;/h2-3,7,9,15H,4-6,8H2,1H3,(H,16,17);1H. The Kier molecular flexibility index (Phi) is 7.12. The third-order valence-electron chi connectivity index (χ3n) is 2.88. The summed E-state index contributed by atoms with van der Waals surface area (Å²) in [4.78, 5) is 11.9. The molecule has 2 rings (SSSR count). The van der Waals surface area contributed by atoms with Crippen LogP contribution >= 0.6 is 24.2 Å². The van der Waals surface area contributed by atoms with Gasteiger partial charge < -0.3 is 15.4 Å². The number of rotatable bonds is 4. The second kappa shape index (κ2) is 8.34. The number of ether oxygens (including phenoxy) is 1. The van der Waals surface area contributed by atoms with E-state index < -0.39 is 5.82 Å². The van der Waals surface area contributed by atoms with Gasteiger partial charge in [-0.1, -0.05) is 0 Å². The molecule has 1 aliphatic rings. The molecule has 1 amide bonds. The molecule has 1 aliphatic heterocycles. The maximum absolute atomic E-state index is 13.6. The molecule has 1 unspecified atom stereocenters. The first kappa shape index (κ1) is 17.1. The van der Waals surface area contributed by atoms with Crippen molar-refractivity contribution < 1.29 is 13.9 Å². The zero-order valence-electron chi connectivity index (χ0n) is 11.1. The van der Waals surface area contributed by atoms with Crippen molar-refractivity contribution in [3.63, 3.8) is 0 Å². The van der Waals surface area contributed by atoms with E-state index in [0.717, 1.165) is 18.1 Å². The van der Waals surface area contributed by atoms with Gasteiger partial charge in [0.1, 0.15) is 11.6 Å². The summed E-state index contributed by atoms with van der Waals surface area (Å²) in [5, 5.41) is 5.86. The molecule has 1 heterocycles. The molecule has 4 nitrogen and oxygen atoms in total. The Hall–Kier alpha value is -0.980. The molecule has 20 heavy (non-hydrogen) atoms. The van der Waals surface area contributed by atoms with Crippen molar-refractivity contribution >= 4 is 35.8 Å². The zero-order valence-corrected chi connectivity index (χ0v) is 12.8. The normalized spacial score (nSPS) is 18.0. The molecule has 112 valence electrons. The predicted molar refractivity (Wildman–Crippen MR) is 82.6 cm³/mol. The van der Waals surface area contributed by atoms with Crippen LogP contribution in [0.4, 0.5) is 10.1 Å². The van der Waals surface area contributed by atoms with Crippen molar-refractivity contribution in [2.45, 2.75) is 12.5 Å². The van der Waals surface area contributed by atoms with E-state index in [0.29, 0.717) is 12.2 Å². The van der Waals surface area contributed by atoms with Crippen LogP contribution in [0.5, 0.6) is 5.75 Å². The highest BCUT2D eigenvalue weighted by Crippen LogP contribution is 2.21. The van der Waals surface area contributed by atoms with Crippen LogP contribution in [0.2, 0.25) is 0 Å². The molecule has 1 saturated heterocycles. The van der Waals surface area contributed by atoms with Gasteiger partial charge in [0.05, 0.1) is 12.8 Å². The van der Waals surface area contributed by atoms with Gasteiger partial charge >= 0.3 is 0 Å². The highest BCUT2D eigenvalue weighted by atomic mass is 35.5. The topological polar surface area (TPSA) is 50.4 Å². The molecule has 1 aromatic rings. The smallest absolute Gasteiger partial charge is 0.226 e. The summed E-state index contributed by atoms with van der Waals surface area (Å²) in [5.74, 6) is 1.85. The first-order valence-corrected chi connectivity index (χ1v) is 7.29. The minimum Gasteiger partial charge on any atom is -0.497 e. The van der Waals surface area contributed by atoms with Crippen LogP contribution in [-0.4, -0.2) is 37.1 Å². The van der Waals surface area contributed by atoms with E-state index >= 15 is 0 Å². The third-order valence-corrected chi connectivity index (χ3v) is 4.01. The third kappa shape index (κ3) is 4.85. The summed E-state index contributed by atoms with van der Waals surface area (Å²) in [6.07, 6.45) is 0.351. The monoisotopic (exact) mass is 320 g/mol. The number of benzene rings is 1. The molecule has 0 saturated carbocycles. The van der Waals surface area contributed by atoms with Crippen molar-refractivity contribution in [2.24, 2.45) is 0 Å². The average Bonchev–Trinajstić information content (AvgIpc) is 2.42. The van der Waals surface area contributed by atoms with Gasteiger partial charge in [0.15, 0.2) is 0 Å². The molecule has 1 atom stereocenters. The number of halogens is 2. The van der Waals surface area contributed by atoms with Gasteiger partial charge in [-0.15, -0.1) is 12.4 Å². The number of carbonyl (C=O) groups excluding carboxylic acids is 1. The van der Waals surface area contributed by atoms with Crippen LogP contribution in [0.3, 0.4) is 0 Å². The molecular weight excluding hydrogens is 303 g/mol. The summed E-state index contributed by atoms with van der Waals surface area (Å²) >= 11 is 1.82. The van der Waals surface area contributed by atoms with Crippen LogP contribution in [-0.2, 0) is 4.79 Å². The molecule has 7 heteroatoms. The number of hydrogen-bond donors (Lipinski definition) is 2. The Morgan fingerprint density at radius 3 is 3.05 bits per heavy atom. The first-order chi connectivity index (χ1) is 9.19. The van der Waals surface area contributed by atoms with Crippen LogP contribution in [0.15, 0.2) is 18.2 Å². The van der Waals surface area contributed by atoms with E-state index in [1.165, 1.54) is 25.3 Å². The highest BCUT2D eigenvalue weighted by molar-refractivity contribution is 7.99. The van der Waals surface area contributed by atoms with Crippen molar-refractivity contribution in [2.75, 3.05) is 30.5 Å². The Morgan fingerprint density at radius 1 is 1.60 bits per heavy atom. The Bertz CT molecular complexity index is 456. The molecule has 0 aromatic heterocycles. The van der Waals surface area contributed by atoms with Crippen LogP contribution in [0.25, 0.3) is 0 Å². The minimum atomic E-state index is -0.458. The lowest BCUT2D eigenvalue weighted by atomic mass is 10.2. The molecule has 1 aromatic carbocycles. The fraction of sp³-hybridized carbons (Fsp3) is 0.462. The van der Waals surface area contributed by atoms with Gasteiger partial charge in [-0.05, 0) is 12.1 Å². The van der Waals surface area contributed by atoms with E-state index in [9.17, 15) is 9.18 Å². The van der Waals surface area contributed by atoms with Gasteiger partial charge in [0.25, 0.3) is 0 Å². The highest BCUT2D eigenvalue weighted by Gasteiger charge is 2.17. The summed E-state index contributed by atoms with van der Waals surface area (Å²) in [6.45, 7) is 0.913. The summed E-state index contributed by atoms with van der Waals surface area (Å²) < 4.78 is 18.6. The summed E-state index contributed by atoms with van der Waals surface area (Å²) in [6, 6.07) is 4.44. The molecule has 0 bridgehead atoms. The fourth-order valence-corrected chi connectivity index (χ4v) is 2.85. The molecule has 2 N–H and O–H groups in total. The van der Waals surface area contributed by atoms with Crippen molar-refractivity contribution in [3.8, 4) is 5.75 Å². The Morgan fingerprint density at radius 2 is 2.40 bits per heavy atom. The first-order valence-electron chi connectivity index (χ1n) is 6.13. The summed E-state index contributed by atoms with van der Waals surface area (Å²) in [5.41, 5.74) is 0.160. The quantitative estimate of drug-likeness (QED) is 0.893. The van der Waals surface area contributed by atoms with Crippen LogP contribution in [0, 0.1) is 5.82 Å². The van der Waals surface area contributed by atoms with Gasteiger partial charge in [-0.25, -0.2) is 4.39 Å². The molecule has 0 aliphatic carbocycles. The average molecular weight is 321 g/mol. The number of hydrogen-bond acceptors (Lipinski definition) is 4. The maximum atomic E-state index is 13.6. The van der Waals surface area contributed by atoms with Gasteiger partial charge in [0, 0.05) is 36.6 Å².